The van der Waals surface area contributed by atoms with Crippen molar-refractivity contribution in [3.8, 4) is 5.75 Å². The molecule has 1 aromatic heterocycles. The van der Waals surface area contributed by atoms with Crippen molar-refractivity contribution >= 4 is 23.3 Å². The first-order valence-electron chi connectivity index (χ1n) is 6.14. The molecule has 0 bridgehead atoms. The van der Waals surface area contributed by atoms with Crippen LogP contribution in [-0.2, 0) is 0 Å². The molecule has 0 saturated heterocycles. The van der Waals surface area contributed by atoms with Crippen molar-refractivity contribution < 1.29 is 9.15 Å². The molecule has 0 spiro atoms. The predicted molar refractivity (Wildman–Crippen MR) is 78.2 cm³/mol. The molecule has 0 radical (unpaired) electrons. The van der Waals surface area contributed by atoms with Crippen LogP contribution in [0.5, 0.6) is 5.75 Å². The van der Waals surface area contributed by atoms with E-state index in [0.717, 1.165) is 22.4 Å². The Morgan fingerprint density at radius 3 is 2.95 bits per heavy atom. The van der Waals surface area contributed by atoms with E-state index in [2.05, 4.69) is 15.5 Å². The van der Waals surface area contributed by atoms with E-state index in [1.165, 1.54) is 0 Å². The summed E-state index contributed by atoms with van der Waals surface area (Å²) in [5.41, 5.74) is 5.22. The Morgan fingerprint density at radius 2 is 2.10 bits per heavy atom. The van der Waals surface area contributed by atoms with Gasteiger partial charge in [-0.1, -0.05) is 24.3 Å². The highest BCUT2D eigenvalue weighted by Crippen LogP contribution is 2.18. The third kappa shape index (κ3) is 2.61. The van der Waals surface area contributed by atoms with Crippen LogP contribution in [0.2, 0.25) is 0 Å². The fraction of sp³-hybridized carbons (Fsp3) is 0.0667. The fourth-order valence-electron chi connectivity index (χ4n) is 1.80. The quantitative estimate of drug-likeness (QED) is 0.582. The van der Waals surface area contributed by atoms with Crippen LogP contribution in [0.15, 0.2) is 58.0 Å². The van der Waals surface area contributed by atoms with E-state index in [1.807, 2.05) is 48.5 Å². The molecule has 0 unspecified atom stereocenters. The van der Waals surface area contributed by atoms with Crippen LogP contribution in [0.3, 0.4) is 0 Å². The Morgan fingerprint density at radius 1 is 1.20 bits per heavy atom. The Balaban J connectivity index is 1.73. The number of methoxy groups -OCH3 is 1. The maximum absolute atomic E-state index is 5.49. The van der Waals surface area contributed by atoms with Gasteiger partial charge in [-0.05, 0) is 29.8 Å². The first kappa shape index (κ1) is 12.2. The zero-order chi connectivity index (χ0) is 13.8. The van der Waals surface area contributed by atoms with Gasteiger partial charge in [-0.3, -0.25) is 0 Å². The number of para-hydroxylation sites is 2. The number of hydrazone groups is 1. The number of oxazole rings is 1. The molecule has 0 aliphatic carbocycles. The lowest BCUT2D eigenvalue weighted by molar-refractivity contribution is 0.415. The average molecular weight is 267 g/mol. The van der Waals surface area contributed by atoms with Crippen molar-refractivity contribution in [3.05, 3.63) is 54.1 Å². The van der Waals surface area contributed by atoms with E-state index in [-0.39, 0.29) is 0 Å². The van der Waals surface area contributed by atoms with Crippen LogP contribution in [-0.4, -0.2) is 18.3 Å². The Labute approximate surface area is 115 Å². The summed E-state index contributed by atoms with van der Waals surface area (Å²) in [6.45, 7) is 0. The summed E-state index contributed by atoms with van der Waals surface area (Å²) in [4.78, 5) is 4.26. The summed E-state index contributed by atoms with van der Waals surface area (Å²) in [7, 11) is 1.63. The van der Waals surface area contributed by atoms with Crippen molar-refractivity contribution in [1.82, 2.24) is 4.98 Å². The molecule has 5 heteroatoms. The number of benzene rings is 2. The molecule has 5 nitrogen and oxygen atoms in total. The average Bonchev–Trinajstić information content (AvgIpc) is 2.90. The minimum atomic E-state index is 0.366. The first-order valence-corrected chi connectivity index (χ1v) is 6.14. The molecular formula is C15H13N3O2. The zero-order valence-electron chi connectivity index (χ0n) is 10.9. The molecule has 0 atom stereocenters. The van der Waals surface area contributed by atoms with E-state index in [4.69, 9.17) is 9.15 Å². The van der Waals surface area contributed by atoms with E-state index in [9.17, 15) is 0 Å². The van der Waals surface area contributed by atoms with Crippen molar-refractivity contribution in [2.24, 2.45) is 5.10 Å². The monoisotopic (exact) mass is 267 g/mol. The molecule has 0 saturated carbocycles. The normalized spacial score (nSPS) is 11.1. The molecule has 0 amide bonds. The highest BCUT2D eigenvalue weighted by Gasteiger charge is 2.02. The minimum Gasteiger partial charge on any atom is -0.497 e. The molecule has 0 fully saturated rings. The topological polar surface area (TPSA) is 59.6 Å². The molecule has 3 rings (SSSR count). The Hall–Kier alpha value is -2.82. The zero-order valence-corrected chi connectivity index (χ0v) is 10.9. The Kier molecular flexibility index (Phi) is 3.33. The second-order valence-electron chi connectivity index (χ2n) is 4.13. The molecule has 20 heavy (non-hydrogen) atoms. The van der Waals surface area contributed by atoms with Crippen LogP contribution in [0.1, 0.15) is 5.56 Å². The smallest absolute Gasteiger partial charge is 0.316 e. The van der Waals surface area contributed by atoms with Gasteiger partial charge in [0, 0.05) is 0 Å². The number of fused-ring (bicyclic) bond motifs is 1. The third-order valence-electron chi connectivity index (χ3n) is 2.76. The van der Waals surface area contributed by atoms with Gasteiger partial charge in [-0.25, -0.2) is 5.43 Å². The van der Waals surface area contributed by atoms with Gasteiger partial charge in [-0.2, -0.15) is 10.1 Å². The largest absolute Gasteiger partial charge is 0.497 e. The predicted octanol–water partition coefficient (Wildman–Crippen LogP) is 3.28. The van der Waals surface area contributed by atoms with Crippen molar-refractivity contribution in [1.29, 1.82) is 0 Å². The van der Waals surface area contributed by atoms with Crippen LogP contribution >= 0.6 is 0 Å². The van der Waals surface area contributed by atoms with Crippen LogP contribution in [0, 0.1) is 0 Å². The lowest BCUT2D eigenvalue weighted by Crippen LogP contribution is -1.91. The standard InChI is InChI=1S/C15H13N3O2/c1-19-12-6-4-5-11(9-12)10-16-18-15-17-13-7-2-3-8-14(13)20-15/h2-10H,1H3,(H,17,18)/b16-10-. The summed E-state index contributed by atoms with van der Waals surface area (Å²) in [5.74, 6) is 0.788. The SMILES string of the molecule is COc1cccc(/C=N\Nc2nc3ccccc3o2)c1. The number of aromatic nitrogens is 1. The molecule has 100 valence electrons. The van der Waals surface area contributed by atoms with Crippen molar-refractivity contribution in [2.75, 3.05) is 12.5 Å². The lowest BCUT2D eigenvalue weighted by atomic mass is 10.2. The van der Waals surface area contributed by atoms with Gasteiger partial charge in [0.2, 0.25) is 0 Å². The summed E-state index contributed by atoms with van der Waals surface area (Å²) < 4.78 is 10.6. The number of hydrogen-bond acceptors (Lipinski definition) is 5. The van der Waals surface area contributed by atoms with E-state index < -0.39 is 0 Å². The molecule has 2 aromatic carbocycles. The molecule has 1 heterocycles. The lowest BCUT2D eigenvalue weighted by Gasteiger charge is -1.99. The fourth-order valence-corrected chi connectivity index (χ4v) is 1.80. The van der Waals surface area contributed by atoms with Gasteiger partial charge in [0.05, 0.1) is 13.3 Å². The number of hydrogen-bond donors (Lipinski definition) is 1. The number of rotatable bonds is 4. The van der Waals surface area contributed by atoms with Crippen molar-refractivity contribution in [2.45, 2.75) is 0 Å². The number of ether oxygens (including phenoxy) is 1. The molecule has 1 N–H and O–H groups in total. The second-order valence-corrected chi connectivity index (χ2v) is 4.13. The highest BCUT2D eigenvalue weighted by atomic mass is 16.5. The first-order chi connectivity index (χ1) is 9.85. The maximum Gasteiger partial charge on any atom is 0.316 e. The second kappa shape index (κ2) is 5.44. The third-order valence-corrected chi connectivity index (χ3v) is 2.76. The number of nitrogens with one attached hydrogen (secondary N) is 1. The molecule has 0 aliphatic rings. The van der Waals surface area contributed by atoms with Crippen molar-refractivity contribution in [3.63, 3.8) is 0 Å². The number of anilines is 1. The van der Waals surface area contributed by atoms with E-state index >= 15 is 0 Å². The van der Waals surface area contributed by atoms with Crippen LogP contribution < -0.4 is 10.2 Å². The number of nitrogens with zero attached hydrogens (tertiary/aromatic N) is 2. The minimum absolute atomic E-state index is 0.366. The summed E-state index contributed by atoms with van der Waals surface area (Å²) in [5, 5.41) is 4.10. The summed E-state index contributed by atoms with van der Waals surface area (Å²) in [6, 6.07) is 15.5. The van der Waals surface area contributed by atoms with Gasteiger partial charge >= 0.3 is 6.01 Å². The highest BCUT2D eigenvalue weighted by molar-refractivity contribution is 5.81. The van der Waals surface area contributed by atoms with Gasteiger partial charge in [0.15, 0.2) is 5.58 Å². The molecule has 0 aliphatic heterocycles. The van der Waals surface area contributed by atoms with Gasteiger partial charge in [0.1, 0.15) is 11.3 Å². The van der Waals surface area contributed by atoms with Crippen LogP contribution in [0.4, 0.5) is 6.01 Å². The summed E-state index contributed by atoms with van der Waals surface area (Å²) in [6.07, 6.45) is 1.68. The Bertz CT molecular complexity index is 716. The maximum atomic E-state index is 5.49. The molecular weight excluding hydrogens is 254 g/mol. The molecule has 3 aromatic rings. The van der Waals surface area contributed by atoms with Gasteiger partial charge in [-0.15, -0.1) is 0 Å². The van der Waals surface area contributed by atoms with Gasteiger partial charge in [0.25, 0.3) is 0 Å². The van der Waals surface area contributed by atoms with Gasteiger partial charge < -0.3 is 9.15 Å². The summed E-state index contributed by atoms with van der Waals surface area (Å²) >= 11 is 0. The van der Waals surface area contributed by atoms with E-state index in [0.29, 0.717) is 6.01 Å². The van der Waals surface area contributed by atoms with Crippen LogP contribution in [0.25, 0.3) is 11.1 Å². The van der Waals surface area contributed by atoms with E-state index in [1.54, 1.807) is 13.3 Å².